The van der Waals surface area contributed by atoms with Crippen LogP contribution in [0.15, 0.2) is 28.0 Å². The van der Waals surface area contributed by atoms with E-state index in [0.29, 0.717) is 32.8 Å². The van der Waals surface area contributed by atoms with Crippen LogP contribution in [-0.2, 0) is 4.79 Å². The molecule has 2 saturated heterocycles. The zero-order chi connectivity index (χ0) is 23.5. The fourth-order valence-corrected chi connectivity index (χ4v) is 5.52. The molecule has 0 aromatic carbocycles. The van der Waals surface area contributed by atoms with Crippen LogP contribution in [0.3, 0.4) is 0 Å². The van der Waals surface area contributed by atoms with E-state index in [4.69, 9.17) is 17.2 Å². The van der Waals surface area contributed by atoms with Gasteiger partial charge in [0.25, 0.3) is 11.5 Å². The molecule has 2 aliphatic heterocycles. The highest BCUT2D eigenvalue weighted by Crippen LogP contribution is 2.34. The van der Waals surface area contributed by atoms with Crippen LogP contribution in [0.2, 0.25) is 0 Å². The van der Waals surface area contributed by atoms with Gasteiger partial charge in [-0.2, -0.15) is 0 Å². The predicted molar refractivity (Wildman–Crippen MR) is 140 cm³/mol. The van der Waals surface area contributed by atoms with Gasteiger partial charge in [-0.3, -0.25) is 18.9 Å². The van der Waals surface area contributed by atoms with Gasteiger partial charge in [0.1, 0.15) is 15.8 Å². The van der Waals surface area contributed by atoms with E-state index in [1.807, 2.05) is 19.1 Å². The summed E-state index contributed by atoms with van der Waals surface area (Å²) in [5.74, 6) is 0.535. The molecule has 0 bridgehead atoms. The first-order chi connectivity index (χ1) is 15.9. The monoisotopic (exact) mass is 485 g/mol. The van der Waals surface area contributed by atoms with Crippen molar-refractivity contribution >= 4 is 51.7 Å². The third kappa shape index (κ3) is 5.00. The number of piperazine rings is 1. The number of amides is 1. The molecule has 1 amide bonds. The first-order valence-corrected chi connectivity index (χ1v) is 12.9. The number of aromatic nitrogens is 2. The minimum atomic E-state index is -0.159. The summed E-state index contributed by atoms with van der Waals surface area (Å²) >= 11 is 6.76. The Labute approximate surface area is 204 Å². The van der Waals surface area contributed by atoms with Crippen LogP contribution in [0.5, 0.6) is 0 Å². The summed E-state index contributed by atoms with van der Waals surface area (Å²) in [5, 5.41) is 0. The SMILES string of the molecule is CCCCCN1C(=O)/C(=C/c2c(N3CCN(CC)CC3)nc3ccc(C)cn3c2=O)SC1=S. The van der Waals surface area contributed by atoms with Crippen molar-refractivity contribution in [2.24, 2.45) is 0 Å². The predicted octanol–water partition coefficient (Wildman–Crippen LogP) is 3.54. The van der Waals surface area contributed by atoms with Crippen LogP contribution in [0, 0.1) is 6.92 Å². The number of rotatable bonds is 7. The standard InChI is InChI=1S/C24H31N5O2S2/c1-4-6-7-10-28-23(31)19(33-24(28)32)15-18-21(27-13-11-26(5-2)12-14-27)25-20-9-8-17(3)16-29(20)22(18)30/h8-9,15-16H,4-7,10-14H2,1-3H3/b19-15-. The Hall–Kier alpha value is -2.23. The van der Waals surface area contributed by atoms with E-state index in [9.17, 15) is 9.59 Å². The summed E-state index contributed by atoms with van der Waals surface area (Å²) in [5.41, 5.74) is 1.89. The third-order valence-electron chi connectivity index (χ3n) is 6.24. The molecule has 176 valence electrons. The van der Waals surface area contributed by atoms with Crippen LogP contribution in [0.4, 0.5) is 5.82 Å². The number of fused-ring (bicyclic) bond motifs is 1. The quantitative estimate of drug-likeness (QED) is 0.338. The van der Waals surface area contributed by atoms with Gasteiger partial charge in [-0.25, -0.2) is 4.98 Å². The maximum absolute atomic E-state index is 13.6. The minimum absolute atomic E-state index is 0.114. The second-order valence-electron chi connectivity index (χ2n) is 8.55. The summed E-state index contributed by atoms with van der Waals surface area (Å²) in [6.45, 7) is 11.3. The first-order valence-electron chi connectivity index (χ1n) is 11.7. The van der Waals surface area contributed by atoms with Crippen molar-refractivity contribution in [3.63, 3.8) is 0 Å². The van der Waals surface area contributed by atoms with E-state index < -0.39 is 0 Å². The molecule has 2 aliphatic rings. The maximum atomic E-state index is 13.6. The largest absolute Gasteiger partial charge is 0.353 e. The number of unbranched alkanes of at least 4 members (excludes halogenated alkanes) is 2. The Morgan fingerprint density at radius 3 is 2.58 bits per heavy atom. The number of aryl methyl sites for hydroxylation is 1. The molecule has 0 atom stereocenters. The lowest BCUT2D eigenvalue weighted by Crippen LogP contribution is -2.47. The second kappa shape index (κ2) is 10.4. The number of nitrogens with zero attached hydrogens (tertiary/aromatic N) is 5. The number of likely N-dealkylation sites (N-methyl/N-ethyl adjacent to an activating group) is 1. The van der Waals surface area contributed by atoms with Gasteiger partial charge in [0.05, 0.1) is 10.5 Å². The number of hydrogen-bond acceptors (Lipinski definition) is 7. The van der Waals surface area contributed by atoms with Crippen LogP contribution in [0.25, 0.3) is 11.7 Å². The molecule has 7 nitrogen and oxygen atoms in total. The number of carbonyl (C=O) groups excluding carboxylic acids is 1. The summed E-state index contributed by atoms with van der Waals surface area (Å²) in [6.07, 6.45) is 6.57. The molecule has 2 aromatic rings. The van der Waals surface area contributed by atoms with Crippen molar-refractivity contribution in [2.75, 3.05) is 44.2 Å². The van der Waals surface area contributed by atoms with Gasteiger partial charge in [0, 0.05) is 38.9 Å². The maximum Gasteiger partial charge on any atom is 0.267 e. The van der Waals surface area contributed by atoms with Crippen LogP contribution in [0.1, 0.15) is 44.2 Å². The number of pyridine rings is 1. The molecular weight excluding hydrogens is 454 g/mol. The zero-order valence-corrected chi connectivity index (χ0v) is 21.2. The van der Waals surface area contributed by atoms with E-state index in [0.717, 1.165) is 57.5 Å². The van der Waals surface area contributed by atoms with Crippen molar-refractivity contribution in [3.05, 3.63) is 44.7 Å². The highest BCUT2D eigenvalue weighted by atomic mass is 32.2. The van der Waals surface area contributed by atoms with Gasteiger partial charge >= 0.3 is 0 Å². The number of anilines is 1. The van der Waals surface area contributed by atoms with E-state index in [2.05, 4.69) is 23.6 Å². The van der Waals surface area contributed by atoms with E-state index in [1.54, 1.807) is 21.6 Å². The Balaban J connectivity index is 1.75. The normalized spacial score (nSPS) is 18.8. The number of carbonyl (C=O) groups is 1. The lowest BCUT2D eigenvalue weighted by atomic mass is 10.2. The zero-order valence-electron chi connectivity index (χ0n) is 19.5. The molecule has 9 heteroatoms. The summed E-state index contributed by atoms with van der Waals surface area (Å²) in [7, 11) is 0. The minimum Gasteiger partial charge on any atom is -0.353 e. The van der Waals surface area contributed by atoms with Gasteiger partial charge < -0.3 is 9.80 Å². The number of thiocarbonyl (C=S) groups is 1. The van der Waals surface area contributed by atoms with Crippen molar-refractivity contribution in [3.8, 4) is 0 Å². The lowest BCUT2D eigenvalue weighted by molar-refractivity contribution is -0.122. The van der Waals surface area contributed by atoms with E-state index in [1.165, 1.54) is 11.8 Å². The highest BCUT2D eigenvalue weighted by molar-refractivity contribution is 8.26. The van der Waals surface area contributed by atoms with Gasteiger partial charge in [-0.05, 0) is 37.6 Å². The molecule has 33 heavy (non-hydrogen) atoms. The first kappa shape index (κ1) is 23.9. The summed E-state index contributed by atoms with van der Waals surface area (Å²) in [6, 6.07) is 3.83. The Kier molecular flexibility index (Phi) is 7.51. The van der Waals surface area contributed by atoms with Gasteiger partial charge in [-0.15, -0.1) is 0 Å². The van der Waals surface area contributed by atoms with Crippen LogP contribution < -0.4 is 10.5 Å². The smallest absolute Gasteiger partial charge is 0.267 e. The van der Waals surface area contributed by atoms with Crippen molar-refractivity contribution < 1.29 is 4.79 Å². The average Bonchev–Trinajstić information content (AvgIpc) is 3.08. The van der Waals surface area contributed by atoms with E-state index >= 15 is 0 Å². The van der Waals surface area contributed by atoms with Gasteiger partial charge in [-0.1, -0.05) is 56.7 Å². The van der Waals surface area contributed by atoms with Crippen LogP contribution >= 0.6 is 24.0 Å². The van der Waals surface area contributed by atoms with Gasteiger partial charge in [0.2, 0.25) is 0 Å². The van der Waals surface area contributed by atoms with E-state index in [-0.39, 0.29) is 11.5 Å². The number of hydrogen-bond donors (Lipinski definition) is 0. The Morgan fingerprint density at radius 2 is 1.88 bits per heavy atom. The molecule has 0 N–H and O–H groups in total. The molecule has 2 aromatic heterocycles. The molecule has 4 heterocycles. The molecule has 0 aliphatic carbocycles. The van der Waals surface area contributed by atoms with Gasteiger partial charge in [0.15, 0.2) is 0 Å². The Morgan fingerprint density at radius 1 is 1.12 bits per heavy atom. The van der Waals surface area contributed by atoms with Crippen LogP contribution in [-0.4, -0.2) is 68.7 Å². The fourth-order valence-electron chi connectivity index (χ4n) is 4.23. The van der Waals surface area contributed by atoms with Crippen molar-refractivity contribution in [1.29, 1.82) is 0 Å². The molecule has 0 spiro atoms. The fraction of sp³-hybridized carbons (Fsp3) is 0.500. The summed E-state index contributed by atoms with van der Waals surface area (Å²) in [4.78, 5) is 38.3. The van der Waals surface area contributed by atoms with Crippen molar-refractivity contribution in [1.82, 2.24) is 19.2 Å². The molecule has 2 fully saturated rings. The third-order valence-corrected chi connectivity index (χ3v) is 7.62. The lowest BCUT2D eigenvalue weighted by Gasteiger charge is -2.35. The topological polar surface area (TPSA) is 61.2 Å². The average molecular weight is 486 g/mol. The second-order valence-corrected chi connectivity index (χ2v) is 10.2. The molecule has 0 saturated carbocycles. The summed E-state index contributed by atoms with van der Waals surface area (Å²) < 4.78 is 2.14. The molecule has 0 radical (unpaired) electrons. The molecule has 0 unspecified atom stereocenters. The highest BCUT2D eigenvalue weighted by Gasteiger charge is 2.32. The van der Waals surface area contributed by atoms with Crippen molar-refractivity contribution in [2.45, 2.75) is 40.0 Å². The Bertz CT molecular complexity index is 1150. The number of thioether (sulfide) groups is 1. The molecular formula is C24H31N5O2S2. The molecule has 4 rings (SSSR count).